The van der Waals surface area contributed by atoms with Gasteiger partial charge in [-0.1, -0.05) is 12.1 Å². The molecule has 1 aromatic rings. The van der Waals surface area contributed by atoms with Gasteiger partial charge in [-0.05, 0) is 24.6 Å². The molecule has 2 unspecified atom stereocenters. The molecule has 2 N–H and O–H groups in total. The number of nitrogens with zero attached hydrogens (tertiary/aromatic N) is 1. The lowest BCUT2D eigenvalue weighted by Crippen LogP contribution is -2.47. The van der Waals surface area contributed by atoms with Crippen LogP contribution in [-0.2, 0) is 4.79 Å². The Kier molecular flexibility index (Phi) is 4.49. The van der Waals surface area contributed by atoms with Gasteiger partial charge in [0.2, 0.25) is 0 Å². The third-order valence-corrected chi connectivity index (χ3v) is 4.13. The monoisotopic (exact) mass is 298 g/mol. The number of urea groups is 1. The van der Waals surface area contributed by atoms with Crippen LogP contribution in [0.25, 0.3) is 0 Å². The number of carboxylic acid groups (broad SMARTS) is 1. The third kappa shape index (κ3) is 3.22. The molecule has 0 radical (unpaired) electrons. The largest absolute Gasteiger partial charge is 0.480 e. The molecule has 0 saturated carbocycles. The van der Waals surface area contributed by atoms with Gasteiger partial charge in [0.1, 0.15) is 11.9 Å². The fraction of sp³-hybridized carbons (Fsp3) is 0.385. The number of hydrogen-bond donors (Lipinski definition) is 2. The van der Waals surface area contributed by atoms with Crippen LogP contribution in [0.2, 0.25) is 0 Å². The fourth-order valence-electron chi connectivity index (χ4n) is 1.97. The number of carboxylic acids is 1. The molecule has 2 amide bonds. The van der Waals surface area contributed by atoms with Crippen molar-refractivity contribution in [3.63, 3.8) is 0 Å². The molecule has 2 rings (SSSR count). The van der Waals surface area contributed by atoms with E-state index in [0.717, 1.165) is 0 Å². The summed E-state index contributed by atoms with van der Waals surface area (Å²) in [6.45, 7) is 1.73. The molecular weight excluding hydrogens is 283 g/mol. The van der Waals surface area contributed by atoms with Crippen LogP contribution < -0.4 is 5.32 Å². The number of rotatable bonds is 3. The number of nitrogens with one attached hydrogen (secondary N) is 1. The highest BCUT2D eigenvalue weighted by Gasteiger charge is 2.35. The van der Waals surface area contributed by atoms with E-state index in [4.69, 9.17) is 5.11 Å². The molecule has 0 bridgehead atoms. The Hall–Kier alpha value is -1.76. The van der Waals surface area contributed by atoms with Gasteiger partial charge in [-0.2, -0.15) is 0 Å². The highest BCUT2D eigenvalue weighted by atomic mass is 32.2. The van der Waals surface area contributed by atoms with Crippen LogP contribution in [0.4, 0.5) is 9.18 Å². The smallest absolute Gasteiger partial charge is 0.327 e. The Labute approximate surface area is 120 Å². The predicted molar refractivity (Wildman–Crippen MR) is 73.9 cm³/mol. The lowest BCUT2D eigenvalue weighted by atomic mass is 10.1. The van der Waals surface area contributed by atoms with Crippen LogP contribution in [0.1, 0.15) is 18.5 Å². The van der Waals surface area contributed by atoms with Gasteiger partial charge in [0.15, 0.2) is 0 Å². The summed E-state index contributed by atoms with van der Waals surface area (Å²) >= 11 is 1.40. The van der Waals surface area contributed by atoms with E-state index >= 15 is 0 Å². The van der Waals surface area contributed by atoms with Gasteiger partial charge in [0, 0.05) is 5.75 Å². The maximum absolute atomic E-state index is 13.1. The van der Waals surface area contributed by atoms with Crippen LogP contribution >= 0.6 is 11.8 Å². The first-order chi connectivity index (χ1) is 9.49. The summed E-state index contributed by atoms with van der Waals surface area (Å²) in [6.07, 6.45) is 0. The molecule has 1 fully saturated rings. The molecule has 1 heterocycles. The molecule has 2 atom stereocenters. The average molecular weight is 298 g/mol. The summed E-state index contributed by atoms with van der Waals surface area (Å²) < 4.78 is 13.1. The average Bonchev–Trinajstić information content (AvgIpc) is 2.88. The van der Waals surface area contributed by atoms with E-state index in [9.17, 15) is 14.0 Å². The normalized spacial score (nSPS) is 19.7. The Morgan fingerprint density at radius 2 is 2.30 bits per heavy atom. The first kappa shape index (κ1) is 14.6. The standard InChI is InChI=1S/C13H15FN2O3S/c1-8(9-3-2-4-10(14)5-9)15-13(19)16-7-20-6-11(16)12(17)18/h2-5,8,11H,6-7H2,1H3,(H,15,19)(H,17,18). The summed E-state index contributed by atoms with van der Waals surface area (Å²) in [7, 11) is 0. The van der Waals surface area contributed by atoms with E-state index in [0.29, 0.717) is 17.2 Å². The maximum atomic E-state index is 13.1. The molecule has 7 heteroatoms. The molecular formula is C13H15FN2O3S. The molecule has 1 aliphatic heterocycles. The summed E-state index contributed by atoms with van der Waals surface area (Å²) in [4.78, 5) is 24.4. The Morgan fingerprint density at radius 3 is 2.95 bits per heavy atom. The lowest BCUT2D eigenvalue weighted by Gasteiger charge is -2.23. The van der Waals surface area contributed by atoms with E-state index in [1.807, 2.05) is 0 Å². The van der Waals surface area contributed by atoms with E-state index < -0.39 is 24.1 Å². The van der Waals surface area contributed by atoms with Gasteiger partial charge in [-0.3, -0.25) is 0 Å². The molecule has 5 nitrogen and oxygen atoms in total. The van der Waals surface area contributed by atoms with Crippen molar-refractivity contribution in [3.8, 4) is 0 Å². The van der Waals surface area contributed by atoms with Crippen LogP contribution in [0, 0.1) is 5.82 Å². The van der Waals surface area contributed by atoms with Crippen molar-refractivity contribution in [3.05, 3.63) is 35.6 Å². The number of benzene rings is 1. The molecule has 108 valence electrons. The molecule has 1 aliphatic rings. The number of amides is 2. The number of carbonyl (C=O) groups excluding carboxylic acids is 1. The molecule has 1 saturated heterocycles. The van der Waals surface area contributed by atoms with Crippen LogP contribution in [0.15, 0.2) is 24.3 Å². The number of halogens is 1. The zero-order valence-corrected chi connectivity index (χ0v) is 11.7. The topological polar surface area (TPSA) is 69.6 Å². The van der Waals surface area contributed by atoms with Gasteiger partial charge in [0.25, 0.3) is 0 Å². The lowest BCUT2D eigenvalue weighted by molar-refractivity contribution is -0.140. The van der Waals surface area contributed by atoms with Crippen LogP contribution in [0.5, 0.6) is 0 Å². The Morgan fingerprint density at radius 1 is 1.55 bits per heavy atom. The molecule has 1 aromatic carbocycles. The minimum absolute atomic E-state index is 0.346. The van der Waals surface area contributed by atoms with E-state index in [2.05, 4.69) is 5.32 Å². The zero-order valence-electron chi connectivity index (χ0n) is 10.9. The summed E-state index contributed by atoms with van der Waals surface area (Å²) in [5.41, 5.74) is 0.636. The van der Waals surface area contributed by atoms with Crippen molar-refractivity contribution in [2.75, 3.05) is 11.6 Å². The SMILES string of the molecule is CC(NC(=O)N1CSCC1C(=O)O)c1cccc(F)c1. The summed E-state index contributed by atoms with van der Waals surface area (Å²) in [5.74, 6) is -0.650. The van der Waals surface area contributed by atoms with Crippen molar-refractivity contribution < 1.29 is 19.1 Å². The predicted octanol–water partition coefficient (Wildman–Crippen LogP) is 2.06. The molecule has 0 aliphatic carbocycles. The number of carbonyl (C=O) groups is 2. The minimum atomic E-state index is -1.01. The van der Waals surface area contributed by atoms with E-state index in [-0.39, 0.29) is 5.82 Å². The number of hydrogen-bond acceptors (Lipinski definition) is 3. The fourth-order valence-corrected chi connectivity index (χ4v) is 3.12. The maximum Gasteiger partial charge on any atom is 0.327 e. The Bertz CT molecular complexity index is 526. The third-order valence-electron chi connectivity index (χ3n) is 3.12. The highest BCUT2D eigenvalue weighted by molar-refractivity contribution is 7.99. The van der Waals surface area contributed by atoms with Gasteiger partial charge >= 0.3 is 12.0 Å². The molecule has 0 spiro atoms. The Balaban J connectivity index is 2.02. The minimum Gasteiger partial charge on any atom is -0.480 e. The van der Waals surface area contributed by atoms with Gasteiger partial charge < -0.3 is 15.3 Å². The molecule has 20 heavy (non-hydrogen) atoms. The number of thioether (sulfide) groups is 1. The van der Waals surface area contributed by atoms with Crippen molar-refractivity contribution in [2.24, 2.45) is 0 Å². The van der Waals surface area contributed by atoms with Crippen molar-refractivity contribution in [1.82, 2.24) is 10.2 Å². The van der Waals surface area contributed by atoms with Crippen molar-refractivity contribution in [1.29, 1.82) is 0 Å². The quantitative estimate of drug-likeness (QED) is 0.896. The van der Waals surface area contributed by atoms with Gasteiger partial charge in [-0.25, -0.2) is 14.0 Å². The molecule has 0 aromatic heterocycles. The van der Waals surface area contributed by atoms with Crippen molar-refractivity contribution in [2.45, 2.75) is 19.0 Å². The second-order valence-electron chi connectivity index (χ2n) is 4.55. The van der Waals surface area contributed by atoms with Gasteiger partial charge in [-0.15, -0.1) is 11.8 Å². The second kappa shape index (κ2) is 6.13. The highest BCUT2D eigenvalue weighted by Crippen LogP contribution is 2.22. The van der Waals surface area contributed by atoms with Crippen LogP contribution in [-0.4, -0.2) is 39.7 Å². The van der Waals surface area contributed by atoms with E-state index in [1.54, 1.807) is 19.1 Å². The number of aliphatic carboxylic acids is 1. The zero-order chi connectivity index (χ0) is 14.7. The second-order valence-corrected chi connectivity index (χ2v) is 5.55. The van der Waals surface area contributed by atoms with E-state index in [1.165, 1.54) is 28.8 Å². The van der Waals surface area contributed by atoms with Crippen molar-refractivity contribution >= 4 is 23.8 Å². The van der Waals surface area contributed by atoms with Crippen LogP contribution in [0.3, 0.4) is 0 Å². The summed E-state index contributed by atoms with van der Waals surface area (Å²) in [5, 5.41) is 11.7. The van der Waals surface area contributed by atoms with Gasteiger partial charge in [0.05, 0.1) is 11.9 Å². The summed E-state index contributed by atoms with van der Waals surface area (Å²) in [6, 6.07) is 4.31. The first-order valence-corrected chi connectivity index (χ1v) is 7.27. The first-order valence-electron chi connectivity index (χ1n) is 6.12.